The average molecular weight is 310 g/mol. The van der Waals surface area contributed by atoms with Gasteiger partial charge in [0.25, 0.3) is 0 Å². The van der Waals surface area contributed by atoms with Gasteiger partial charge in [0.15, 0.2) is 0 Å². The molecule has 0 amide bonds. The van der Waals surface area contributed by atoms with Crippen LogP contribution in [0.3, 0.4) is 0 Å². The molecule has 0 radical (unpaired) electrons. The predicted octanol–water partition coefficient (Wildman–Crippen LogP) is 1.51. The molecule has 4 atom stereocenters. The number of hydrogen-bond acceptors (Lipinski definition) is 5. The highest BCUT2D eigenvalue weighted by Crippen LogP contribution is 2.45. The Kier molecular flexibility index (Phi) is 4.42. The Morgan fingerprint density at radius 1 is 1.45 bits per heavy atom. The molecule has 2 aliphatic rings. The first-order valence-corrected chi connectivity index (χ1v) is 7.93. The first-order chi connectivity index (χ1) is 10.7. The fourth-order valence-corrected chi connectivity index (χ4v) is 4.13. The summed E-state index contributed by atoms with van der Waals surface area (Å²) in [5.41, 5.74) is 0.843. The zero-order chi connectivity index (χ0) is 15.7. The molecule has 2 saturated heterocycles. The van der Waals surface area contributed by atoms with Crippen LogP contribution in [0.1, 0.15) is 37.4 Å². The van der Waals surface area contributed by atoms with Crippen molar-refractivity contribution in [2.45, 2.75) is 50.7 Å². The first kappa shape index (κ1) is 15.4. The smallest absolute Gasteiger partial charge is 0.312 e. The third kappa shape index (κ3) is 2.62. The van der Waals surface area contributed by atoms with Gasteiger partial charge in [-0.25, -0.2) is 4.68 Å². The maximum absolute atomic E-state index is 12.5. The molecule has 0 spiro atoms. The third-order valence-electron chi connectivity index (χ3n) is 5.02. The zero-order valence-electron chi connectivity index (χ0n) is 13.1. The highest BCUT2D eigenvalue weighted by molar-refractivity contribution is 5.74. The second-order valence-corrected chi connectivity index (χ2v) is 6.27. The Labute approximate surface area is 129 Å². The Morgan fingerprint density at radius 3 is 2.91 bits per heavy atom. The van der Waals surface area contributed by atoms with Gasteiger partial charge in [0.1, 0.15) is 0 Å². The molecule has 0 aromatic carbocycles. The minimum Gasteiger partial charge on any atom is -0.469 e. The van der Waals surface area contributed by atoms with E-state index < -0.39 is 0 Å². The van der Waals surface area contributed by atoms with Crippen LogP contribution >= 0.6 is 0 Å². The predicted molar refractivity (Wildman–Crippen MR) is 78.0 cm³/mol. The normalized spacial score (nSPS) is 31.4. The quantitative estimate of drug-likeness (QED) is 0.772. The molecule has 6 nitrogen and oxygen atoms in total. The number of hydrogen-bond donors (Lipinski definition) is 0. The van der Waals surface area contributed by atoms with Crippen molar-refractivity contribution >= 4 is 5.97 Å². The van der Waals surface area contributed by atoms with Crippen molar-refractivity contribution in [1.82, 2.24) is 19.9 Å². The summed E-state index contributed by atoms with van der Waals surface area (Å²) in [5.74, 6) is -0.460. The van der Waals surface area contributed by atoms with Crippen molar-refractivity contribution in [3.63, 3.8) is 0 Å². The lowest BCUT2D eigenvalue weighted by Gasteiger charge is -2.43. The van der Waals surface area contributed by atoms with Gasteiger partial charge in [-0.3, -0.25) is 14.1 Å². The van der Waals surface area contributed by atoms with Gasteiger partial charge >= 0.3 is 5.97 Å². The van der Waals surface area contributed by atoms with Crippen LogP contribution in [-0.4, -0.2) is 58.3 Å². The summed E-state index contributed by atoms with van der Waals surface area (Å²) in [5, 5.41) is 8.22. The molecule has 1 aromatic rings. The number of aryl methyl sites for hydroxylation is 1. The van der Waals surface area contributed by atoms with E-state index in [-0.39, 0.29) is 30.6 Å². The molecular formula is C15H23FN4O2. The minimum absolute atomic E-state index is 0.0206. The molecule has 22 heavy (non-hydrogen) atoms. The number of carbonyl (C=O) groups excluding carboxylic acids is 1. The number of alkyl halides is 1. The van der Waals surface area contributed by atoms with Crippen molar-refractivity contribution in [3.8, 4) is 0 Å². The second-order valence-electron chi connectivity index (χ2n) is 6.27. The van der Waals surface area contributed by atoms with Crippen LogP contribution in [0, 0.1) is 12.8 Å². The SMILES string of the molecule is COC(=O)C1C2CCC(CC1n1cc(C)nn1)N2CCCF. The van der Waals surface area contributed by atoms with Gasteiger partial charge in [0.2, 0.25) is 0 Å². The number of nitrogens with zero attached hydrogens (tertiary/aromatic N) is 4. The third-order valence-corrected chi connectivity index (χ3v) is 5.02. The van der Waals surface area contributed by atoms with Gasteiger partial charge in [-0.05, 0) is 32.6 Å². The van der Waals surface area contributed by atoms with Crippen molar-refractivity contribution < 1.29 is 13.9 Å². The summed E-state index contributed by atoms with van der Waals surface area (Å²) < 4.78 is 19.4. The Balaban J connectivity index is 1.87. The summed E-state index contributed by atoms with van der Waals surface area (Å²) in [6.07, 6.45) is 5.26. The molecule has 0 N–H and O–H groups in total. The summed E-state index contributed by atoms with van der Waals surface area (Å²) in [7, 11) is 1.43. The highest BCUT2D eigenvalue weighted by atomic mass is 19.1. The minimum atomic E-state index is -0.315. The molecule has 2 fully saturated rings. The number of methoxy groups -OCH3 is 1. The number of aromatic nitrogens is 3. The first-order valence-electron chi connectivity index (χ1n) is 7.93. The number of rotatable bonds is 5. The summed E-state index contributed by atoms with van der Waals surface area (Å²) >= 11 is 0. The maximum atomic E-state index is 12.5. The van der Waals surface area contributed by atoms with E-state index in [1.807, 2.05) is 17.8 Å². The highest BCUT2D eigenvalue weighted by Gasteiger charge is 2.51. The molecule has 3 heterocycles. The van der Waals surface area contributed by atoms with E-state index in [0.717, 1.165) is 25.0 Å². The zero-order valence-corrected chi connectivity index (χ0v) is 13.1. The Hall–Kier alpha value is -1.50. The van der Waals surface area contributed by atoms with Gasteiger partial charge < -0.3 is 4.74 Å². The topological polar surface area (TPSA) is 60.3 Å². The summed E-state index contributed by atoms with van der Waals surface area (Å²) in [6, 6.07) is 0.493. The average Bonchev–Trinajstić information content (AvgIpc) is 3.06. The number of esters is 1. The molecular weight excluding hydrogens is 287 g/mol. The van der Waals surface area contributed by atoms with Crippen LogP contribution in [0.2, 0.25) is 0 Å². The van der Waals surface area contributed by atoms with E-state index in [4.69, 9.17) is 4.74 Å². The van der Waals surface area contributed by atoms with Crippen LogP contribution in [0.25, 0.3) is 0 Å². The number of fused-ring (bicyclic) bond motifs is 2. The molecule has 4 unspecified atom stereocenters. The van der Waals surface area contributed by atoms with Crippen molar-refractivity contribution in [2.24, 2.45) is 5.92 Å². The maximum Gasteiger partial charge on any atom is 0.312 e. The molecule has 0 aliphatic carbocycles. The largest absolute Gasteiger partial charge is 0.469 e. The number of carbonyl (C=O) groups is 1. The fourth-order valence-electron chi connectivity index (χ4n) is 4.13. The fraction of sp³-hybridized carbons (Fsp3) is 0.800. The molecule has 7 heteroatoms. The summed E-state index contributed by atoms with van der Waals surface area (Å²) in [4.78, 5) is 14.7. The van der Waals surface area contributed by atoms with E-state index in [2.05, 4.69) is 15.2 Å². The second kappa shape index (κ2) is 6.32. The number of piperidine rings is 1. The van der Waals surface area contributed by atoms with E-state index in [1.54, 1.807) is 0 Å². The lowest BCUT2D eigenvalue weighted by Crippen LogP contribution is -2.52. The van der Waals surface area contributed by atoms with Crippen LogP contribution in [0.4, 0.5) is 4.39 Å². The van der Waals surface area contributed by atoms with E-state index in [9.17, 15) is 9.18 Å². The van der Waals surface area contributed by atoms with Crippen molar-refractivity contribution in [2.75, 3.05) is 20.3 Å². The van der Waals surface area contributed by atoms with Gasteiger partial charge in [0.05, 0.1) is 31.4 Å². The van der Waals surface area contributed by atoms with Gasteiger partial charge in [-0.15, -0.1) is 5.10 Å². The molecule has 2 bridgehead atoms. The van der Waals surface area contributed by atoms with Gasteiger partial charge in [0, 0.05) is 24.8 Å². The van der Waals surface area contributed by atoms with Crippen molar-refractivity contribution in [1.29, 1.82) is 0 Å². The van der Waals surface area contributed by atoms with E-state index >= 15 is 0 Å². The summed E-state index contributed by atoms with van der Waals surface area (Å²) in [6.45, 7) is 2.29. The molecule has 0 saturated carbocycles. The molecule has 3 rings (SSSR count). The van der Waals surface area contributed by atoms with E-state index in [0.29, 0.717) is 19.0 Å². The van der Waals surface area contributed by atoms with Crippen molar-refractivity contribution in [3.05, 3.63) is 11.9 Å². The molecule has 2 aliphatic heterocycles. The standard InChI is InChI=1S/C15H23FN4O2/c1-10-9-20(18-17-10)13-8-11-4-5-12(14(13)15(21)22-2)19(11)7-3-6-16/h9,11-14H,3-8H2,1-2H3. The Morgan fingerprint density at radius 2 is 2.27 bits per heavy atom. The molecule has 122 valence electrons. The van der Waals surface area contributed by atoms with Gasteiger partial charge in [-0.1, -0.05) is 5.21 Å². The van der Waals surface area contributed by atoms with E-state index in [1.165, 1.54) is 7.11 Å². The van der Waals surface area contributed by atoms with Crippen LogP contribution < -0.4 is 0 Å². The van der Waals surface area contributed by atoms with Crippen LogP contribution in [0.15, 0.2) is 6.20 Å². The Bertz CT molecular complexity index is 535. The van der Waals surface area contributed by atoms with Gasteiger partial charge in [-0.2, -0.15) is 0 Å². The lowest BCUT2D eigenvalue weighted by atomic mass is 9.85. The molecule has 1 aromatic heterocycles. The lowest BCUT2D eigenvalue weighted by molar-refractivity contribution is -0.152. The number of ether oxygens (including phenoxy) is 1. The van der Waals surface area contributed by atoms with Crippen LogP contribution in [-0.2, 0) is 9.53 Å². The monoisotopic (exact) mass is 310 g/mol. The number of halogens is 1. The van der Waals surface area contributed by atoms with Crippen LogP contribution in [0.5, 0.6) is 0 Å².